The number of rotatable bonds is 7. The lowest BCUT2D eigenvalue weighted by atomic mass is 10.2. The minimum Gasteiger partial charge on any atom is -0.462 e. The van der Waals surface area contributed by atoms with E-state index in [0.29, 0.717) is 23.6 Å². The number of nitrogens with one attached hydrogen (secondary N) is 1. The highest BCUT2D eigenvalue weighted by Gasteiger charge is 2.12. The fraction of sp³-hybridized carbons (Fsp3) is 0.238. The molecule has 2 aromatic carbocycles. The van der Waals surface area contributed by atoms with Gasteiger partial charge in [-0.2, -0.15) is 5.11 Å². The molecular weight excluding hydrogens is 356 g/mol. The lowest BCUT2D eigenvalue weighted by molar-refractivity contribution is 0.0500. The SMILES string of the molecule is CCCCOC(=O)c1ccc(N=Nc2c(C)[nH]n(-c3ccccc3)c2=O)cc1. The molecule has 1 N–H and O–H groups in total. The number of hydrogen-bond acceptors (Lipinski definition) is 5. The summed E-state index contributed by atoms with van der Waals surface area (Å²) in [7, 11) is 0. The molecule has 3 rings (SSSR count). The summed E-state index contributed by atoms with van der Waals surface area (Å²) in [6.45, 7) is 4.22. The van der Waals surface area contributed by atoms with Crippen LogP contribution in [0.5, 0.6) is 0 Å². The molecule has 7 nitrogen and oxygen atoms in total. The second kappa shape index (κ2) is 8.94. The van der Waals surface area contributed by atoms with Gasteiger partial charge in [0.15, 0.2) is 5.69 Å². The van der Waals surface area contributed by atoms with Crippen LogP contribution >= 0.6 is 0 Å². The van der Waals surface area contributed by atoms with E-state index in [-0.39, 0.29) is 17.2 Å². The maximum Gasteiger partial charge on any atom is 0.338 e. The Kier molecular flexibility index (Phi) is 6.16. The van der Waals surface area contributed by atoms with Crippen molar-refractivity contribution in [3.63, 3.8) is 0 Å². The first-order chi connectivity index (χ1) is 13.6. The quantitative estimate of drug-likeness (QED) is 0.362. The van der Waals surface area contributed by atoms with Crippen LogP contribution in [0.2, 0.25) is 0 Å². The summed E-state index contributed by atoms with van der Waals surface area (Å²) in [5, 5.41) is 11.2. The first-order valence-electron chi connectivity index (χ1n) is 9.16. The predicted octanol–water partition coefficient (Wildman–Crippen LogP) is 4.85. The van der Waals surface area contributed by atoms with E-state index >= 15 is 0 Å². The van der Waals surface area contributed by atoms with Crippen LogP contribution < -0.4 is 5.56 Å². The number of H-pyrrole nitrogens is 1. The molecule has 144 valence electrons. The number of aryl methyl sites for hydroxylation is 1. The van der Waals surface area contributed by atoms with E-state index in [1.165, 1.54) is 4.68 Å². The number of para-hydroxylation sites is 1. The fourth-order valence-corrected chi connectivity index (χ4v) is 2.58. The number of carbonyl (C=O) groups is 1. The summed E-state index contributed by atoms with van der Waals surface area (Å²) >= 11 is 0. The van der Waals surface area contributed by atoms with Crippen molar-refractivity contribution < 1.29 is 9.53 Å². The first-order valence-corrected chi connectivity index (χ1v) is 9.16. The second-order valence-corrected chi connectivity index (χ2v) is 6.30. The average molecular weight is 378 g/mol. The predicted molar refractivity (Wildman–Crippen MR) is 107 cm³/mol. The van der Waals surface area contributed by atoms with E-state index in [9.17, 15) is 9.59 Å². The molecule has 0 atom stereocenters. The maximum atomic E-state index is 12.6. The van der Waals surface area contributed by atoms with Crippen LogP contribution in [0, 0.1) is 6.92 Å². The third kappa shape index (κ3) is 4.43. The summed E-state index contributed by atoms with van der Waals surface area (Å²) in [4.78, 5) is 24.5. The van der Waals surface area contributed by atoms with Crippen molar-refractivity contribution in [2.75, 3.05) is 6.61 Å². The Bertz CT molecular complexity index is 1020. The Morgan fingerprint density at radius 2 is 1.79 bits per heavy atom. The van der Waals surface area contributed by atoms with Crippen molar-refractivity contribution in [3.8, 4) is 5.69 Å². The van der Waals surface area contributed by atoms with Gasteiger partial charge in [-0.1, -0.05) is 31.5 Å². The van der Waals surface area contributed by atoms with Gasteiger partial charge >= 0.3 is 5.97 Å². The smallest absolute Gasteiger partial charge is 0.338 e. The van der Waals surface area contributed by atoms with Gasteiger partial charge in [0.1, 0.15) is 0 Å². The molecule has 0 aliphatic heterocycles. The molecule has 7 heteroatoms. The van der Waals surface area contributed by atoms with Gasteiger partial charge in [0, 0.05) is 0 Å². The molecule has 0 unspecified atom stereocenters. The van der Waals surface area contributed by atoms with Crippen molar-refractivity contribution in [2.45, 2.75) is 26.7 Å². The van der Waals surface area contributed by atoms with Crippen LogP contribution in [0.25, 0.3) is 5.69 Å². The van der Waals surface area contributed by atoms with Crippen LogP contribution in [0.1, 0.15) is 35.8 Å². The Balaban J connectivity index is 1.75. The van der Waals surface area contributed by atoms with Gasteiger partial charge in [-0.3, -0.25) is 9.89 Å². The van der Waals surface area contributed by atoms with Crippen LogP contribution in [-0.4, -0.2) is 22.4 Å². The van der Waals surface area contributed by atoms with Crippen LogP contribution in [0.15, 0.2) is 69.6 Å². The van der Waals surface area contributed by atoms with Crippen molar-refractivity contribution in [3.05, 3.63) is 76.2 Å². The van der Waals surface area contributed by atoms with Gasteiger partial charge < -0.3 is 4.74 Å². The molecule has 0 radical (unpaired) electrons. The van der Waals surface area contributed by atoms with Crippen molar-refractivity contribution >= 4 is 17.3 Å². The fourth-order valence-electron chi connectivity index (χ4n) is 2.58. The van der Waals surface area contributed by atoms with E-state index in [0.717, 1.165) is 18.5 Å². The molecule has 28 heavy (non-hydrogen) atoms. The summed E-state index contributed by atoms with van der Waals surface area (Å²) in [6.07, 6.45) is 1.81. The van der Waals surface area contributed by atoms with E-state index in [1.807, 2.05) is 37.3 Å². The van der Waals surface area contributed by atoms with Crippen LogP contribution in [0.3, 0.4) is 0 Å². The monoisotopic (exact) mass is 378 g/mol. The number of nitrogens with zero attached hydrogens (tertiary/aromatic N) is 3. The summed E-state index contributed by atoms with van der Waals surface area (Å²) < 4.78 is 6.60. The van der Waals surface area contributed by atoms with Gasteiger partial charge in [-0.25, -0.2) is 9.48 Å². The highest BCUT2D eigenvalue weighted by molar-refractivity contribution is 5.89. The Morgan fingerprint density at radius 1 is 1.07 bits per heavy atom. The van der Waals surface area contributed by atoms with E-state index in [4.69, 9.17) is 4.74 Å². The molecule has 0 saturated carbocycles. The molecular formula is C21H22N4O3. The number of ether oxygens (including phenoxy) is 1. The van der Waals surface area contributed by atoms with E-state index in [1.54, 1.807) is 31.2 Å². The number of aromatic nitrogens is 2. The molecule has 0 bridgehead atoms. The number of unbranched alkanes of at least 4 members (excludes halogenated alkanes) is 1. The highest BCUT2D eigenvalue weighted by atomic mass is 16.5. The van der Waals surface area contributed by atoms with E-state index < -0.39 is 0 Å². The topological polar surface area (TPSA) is 88.8 Å². The lowest BCUT2D eigenvalue weighted by Crippen LogP contribution is -2.13. The summed E-state index contributed by atoms with van der Waals surface area (Å²) in [5.74, 6) is -0.357. The third-order valence-corrected chi connectivity index (χ3v) is 4.15. The molecule has 0 spiro atoms. The second-order valence-electron chi connectivity index (χ2n) is 6.30. The minimum absolute atomic E-state index is 0.243. The number of hydrogen-bond donors (Lipinski definition) is 1. The van der Waals surface area contributed by atoms with Crippen LogP contribution in [-0.2, 0) is 4.74 Å². The van der Waals surface area contributed by atoms with Crippen molar-refractivity contribution in [1.82, 2.24) is 9.78 Å². The van der Waals surface area contributed by atoms with Gasteiger partial charge in [0.2, 0.25) is 0 Å². The number of esters is 1. The highest BCUT2D eigenvalue weighted by Crippen LogP contribution is 2.19. The normalized spacial score (nSPS) is 11.1. The number of azo groups is 1. The first kappa shape index (κ1) is 19.3. The van der Waals surface area contributed by atoms with Gasteiger partial charge in [-0.05, 0) is 49.7 Å². The Labute approximate surface area is 162 Å². The van der Waals surface area contributed by atoms with Crippen LogP contribution in [0.4, 0.5) is 11.4 Å². The summed E-state index contributed by atoms with van der Waals surface area (Å²) in [5.41, 5.74) is 2.31. The third-order valence-electron chi connectivity index (χ3n) is 4.15. The zero-order valence-corrected chi connectivity index (χ0v) is 15.9. The molecule has 0 saturated heterocycles. The van der Waals surface area contributed by atoms with Gasteiger partial charge in [-0.15, -0.1) is 5.11 Å². The molecule has 0 fully saturated rings. The number of aromatic amines is 1. The maximum absolute atomic E-state index is 12.6. The van der Waals surface area contributed by atoms with Crippen molar-refractivity contribution in [2.24, 2.45) is 10.2 Å². The number of carbonyl (C=O) groups excluding carboxylic acids is 1. The molecule has 1 aromatic heterocycles. The summed E-state index contributed by atoms with van der Waals surface area (Å²) in [6, 6.07) is 15.8. The molecule has 0 aliphatic rings. The van der Waals surface area contributed by atoms with Gasteiger partial charge in [0.25, 0.3) is 5.56 Å². The molecule has 3 aromatic rings. The lowest BCUT2D eigenvalue weighted by Gasteiger charge is -2.03. The molecule has 0 amide bonds. The Morgan fingerprint density at radius 3 is 2.46 bits per heavy atom. The van der Waals surface area contributed by atoms with Crippen molar-refractivity contribution in [1.29, 1.82) is 0 Å². The average Bonchev–Trinajstić information content (AvgIpc) is 3.01. The zero-order chi connectivity index (χ0) is 19.9. The standard InChI is InChI=1S/C21H22N4O3/c1-3-4-14-28-21(27)16-10-12-17(13-11-16)22-23-19-15(2)24-25(20(19)26)18-8-6-5-7-9-18/h5-13,24H,3-4,14H2,1-2H3. The largest absolute Gasteiger partial charge is 0.462 e. The molecule has 1 heterocycles. The van der Waals surface area contributed by atoms with E-state index in [2.05, 4.69) is 15.3 Å². The minimum atomic E-state index is -0.357. The molecule has 0 aliphatic carbocycles. The Hall–Kier alpha value is -3.48. The van der Waals surface area contributed by atoms with Gasteiger partial charge in [0.05, 0.1) is 29.2 Å². The number of benzene rings is 2. The zero-order valence-electron chi connectivity index (χ0n) is 15.9.